The highest BCUT2D eigenvalue weighted by atomic mass is 32.2. The second-order valence-corrected chi connectivity index (χ2v) is 7.54. The van der Waals surface area contributed by atoms with Gasteiger partial charge in [-0.3, -0.25) is 9.36 Å². The minimum atomic E-state index is -0.322. The monoisotopic (exact) mass is 422 g/mol. The zero-order valence-electron chi connectivity index (χ0n) is 16.4. The molecule has 0 fully saturated rings. The summed E-state index contributed by atoms with van der Waals surface area (Å²) in [6.07, 6.45) is 1.68. The van der Waals surface area contributed by atoms with E-state index in [4.69, 9.17) is 4.74 Å². The maximum Gasteiger partial charge on any atom is 0.234 e. The molecule has 0 unspecified atom stereocenters. The summed E-state index contributed by atoms with van der Waals surface area (Å²) in [6.45, 7) is 1.95. The Bertz CT molecular complexity index is 1210. The number of fused-ring (bicyclic) bond motifs is 1. The summed E-state index contributed by atoms with van der Waals surface area (Å²) in [4.78, 5) is 21.6. The third kappa shape index (κ3) is 4.13. The maximum atomic E-state index is 13.4. The van der Waals surface area contributed by atoms with E-state index in [2.05, 4.69) is 15.3 Å². The lowest BCUT2D eigenvalue weighted by Crippen LogP contribution is -2.15. The van der Waals surface area contributed by atoms with E-state index in [1.807, 2.05) is 35.8 Å². The molecule has 0 bridgehead atoms. The molecule has 0 atom stereocenters. The van der Waals surface area contributed by atoms with Gasteiger partial charge in [0.25, 0.3) is 0 Å². The number of ether oxygens (including phenoxy) is 1. The normalized spacial score (nSPS) is 10.9. The van der Waals surface area contributed by atoms with Crippen molar-refractivity contribution in [3.8, 4) is 11.4 Å². The Morgan fingerprint density at radius 3 is 2.77 bits per heavy atom. The van der Waals surface area contributed by atoms with E-state index >= 15 is 0 Å². The highest BCUT2D eigenvalue weighted by Crippen LogP contribution is 2.28. The summed E-state index contributed by atoms with van der Waals surface area (Å²) >= 11 is 1.28. The summed E-state index contributed by atoms with van der Waals surface area (Å²) < 4.78 is 20.5. The quantitative estimate of drug-likeness (QED) is 0.460. The van der Waals surface area contributed by atoms with Gasteiger partial charge in [-0.25, -0.2) is 14.4 Å². The summed E-state index contributed by atoms with van der Waals surface area (Å²) in [5.41, 5.74) is 3.71. The van der Waals surface area contributed by atoms with Crippen molar-refractivity contribution in [2.75, 3.05) is 18.2 Å². The first kappa shape index (κ1) is 19.9. The standard InChI is InChI=1S/C22H19FN4O2S/c1-14-5-10-19(29-2)18(12-14)25-20(28)13-30-22-26-17-4-3-11-24-21(17)27(22)16-8-6-15(23)7-9-16/h3-12H,13H2,1-2H3,(H,25,28). The van der Waals surface area contributed by atoms with Gasteiger partial charge < -0.3 is 10.1 Å². The van der Waals surface area contributed by atoms with E-state index in [0.717, 1.165) is 11.3 Å². The van der Waals surface area contributed by atoms with Crippen LogP contribution in [-0.2, 0) is 4.79 Å². The molecule has 0 saturated carbocycles. The fourth-order valence-corrected chi connectivity index (χ4v) is 3.86. The third-order valence-corrected chi connectivity index (χ3v) is 5.37. The fourth-order valence-electron chi connectivity index (χ4n) is 3.05. The molecule has 2 aromatic carbocycles. The molecule has 2 heterocycles. The molecule has 0 aliphatic heterocycles. The minimum Gasteiger partial charge on any atom is -0.495 e. The fraction of sp³-hybridized carbons (Fsp3) is 0.136. The third-order valence-electron chi connectivity index (χ3n) is 4.43. The van der Waals surface area contributed by atoms with Gasteiger partial charge in [-0.15, -0.1) is 0 Å². The Hall–Kier alpha value is -3.39. The zero-order chi connectivity index (χ0) is 21.1. The van der Waals surface area contributed by atoms with Gasteiger partial charge in [0.15, 0.2) is 10.8 Å². The molecule has 0 saturated heterocycles. The number of benzene rings is 2. The van der Waals surface area contributed by atoms with Crippen LogP contribution in [0.5, 0.6) is 5.75 Å². The highest BCUT2D eigenvalue weighted by Gasteiger charge is 2.16. The van der Waals surface area contributed by atoms with Crippen molar-refractivity contribution >= 4 is 34.5 Å². The number of imidazole rings is 1. The van der Waals surface area contributed by atoms with Crippen LogP contribution in [0.4, 0.5) is 10.1 Å². The number of aryl methyl sites for hydroxylation is 1. The first-order valence-corrected chi connectivity index (χ1v) is 10.2. The van der Waals surface area contributed by atoms with Gasteiger partial charge in [0.1, 0.15) is 17.1 Å². The number of carbonyl (C=O) groups excluding carboxylic acids is 1. The predicted octanol–water partition coefficient (Wildman–Crippen LogP) is 4.61. The van der Waals surface area contributed by atoms with Crippen LogP contribution < -0.4 is 10.1 Å². The lowest BCUT2D eigenvalue weighted by Gasteiger charge is -2.11. The van der Waals surface area contributed by atoms with Gasteiger partial charge in [-0.1, -0.05) is 17.8 Å². The molecule has 1 amide bonds. The highest BCUT2D eigenvalue weighted by molar-refractivity contribution is 7.99. The number of thioether (sulfide) groups is 1. The zero-order valence-corrected chi connectivity index (χ0v) is 17.2. The summed E-state index contributed by atoms with van der Waals surface area (Å²) in [5.74, 6) is 0.231. The second-order valence-electron chi connectivity index (χ2n) is 6.59. The molecule has 0 aliphatic rings. The number of rotatable bonds is 6. The number of hydrogen-bond donors (Lipinski definition) is 1. The van der Waals surface area contributed by atoms with Crippen LogP contribution in [0.2, 0.25) is 0 Å². The lowest BCUT2D eigenvalue weighted by molar-refractivity contribution is -0.113. The number of aromatic nitrogens is 3. The first-order valence-electron chi connectivity index (χ1n) is 9.22. The predicted molar refractivity (Wildman–Crippen MR) is 116 cm³/mol. The molecular formula is C22H19FN4O2S. The average molecular weight is 422 g/mol. The molecule has 30 heavy (non-hydrogen) atoms. The number of nitrogens with one attached hydrogen (secondary N) is 1. The number of hydrogen-bond acceptors (Lipinski definition) is 5. The second kappa shape index (κ2) is 8.54. The molecule has 1 N–H and O–H groups in total. The van der Waals surface area contributed by atoms with Gasteiger partial charge in [0.2, 0.25) is 5.91 Å². The number of methoxy groups -OCH3 is 1. The van der Waals surface area contributed by atoms with E-state index < -0.39 is 0 Å². The number of halogens is 1. The smallest absolute Gasteiger partial charge is 0.234 e. The molecule has 0 aliphatic carbocycles. The van der Waals surface area contributed by atoms with E-state index in [0.29, 0.717) is 27.8 Å². The van der Waals surface area contributed by atoms with Crippen LogP contribution in [0.25, 0.3) is 16.9 Å². The van der Waals surface area contributed by atoms with Gasteiger partial charge in [-0.2, -0.15) is 0 Å². The van der Waals surface area contributed by atoms with E-state index in [1.54, 1.807) is 31.5 Å². The Balaban J connectivity index is 1.58. The molecular weight excluding hydrogens is 403 g/mol. The number of anilines is 1. The molecule has 6 nitrogen and oxygen atoms in total. The van der Waals surface area contributed by atoms with Gasteiger partial charge in [0, 0.05) is 11.9 Å². The number of nitrogens with zero attached hydrogens (tertiary/aromatic N) is 3. The van der Waals surface area contributed by atoms with Crippen LogP contribution in [-0.4, -0.2) is 33.3 Å². The Morgan fingerprint density at radius 2 is 2.00 bits per heavy atom. The van der Waals surface area contributed by atoms with Crippen LogP contribution in [0.3, 0.4) is 0 Å². The topological polar surface area (TPSA) is 69.0 Å². The lowest BCUT2D eigenvalue weighted by atomic mass is 10.2. The Kier molecular flexibility index (Phi) is 5.67. The van der Waals surface area contributed by atoms with Gasteiger partial charge in [0.05, 0.1) is 18.6 Å². The molecule has 0 spiro atoms. The van der Waals surface area contributed by atoms with Gasteiger partial charge >= 0.3 is 0 Å². The average Bonchev–Trinajstić information content (AvgIpc) is 3.11. The Morgan fingerprint density at radius 1 is 1.20 bits per heavy atom. The van der Waals surface area contributed by atoms with E-state index in [1.165, 1.54) is 23.9 Å². The first-order chi connectivity index (χ1) is 14.5. The van der Waals surface area contributed by atoms with E-state index in [9.17, 15) is 9.18 Å². The van der Waals surface area contributed by atoms with Crippen molar-refractivity contribution in [3.05, 3.63) is 72.2 Å². The summed E-state index contributed by atoms with van der Waals surface area (Å²) in [7, 11) is 1.56. The minimum absolute atomic E-state index is 0.140. The maximum absolute atomic E-state index is 13.4. The number of amides is 1. The van der Waals surface area contributed by atoms with Crippen molar-refractivity contribution in [1.29, 1.82) is 0 Å². The van der Waals surface area contributed by atoms with Crippen LogP contribution in [0, 0.1) is 12.7 Å². The molecule has 0 radical (unpaired) electrons. The SMILES string of the molecule is COc1ccc(C)cc1NC(=O)CSc1nc2cccnc2n1-c1ccc(F)cc1. The van der Waals surface area contributed by atoms with Gasteiger partial charge in [-0.05, 0) is 61.0 Å². The largest absolute Gasteiger partial charge is 0.495 e. The van der Waals surface area contributed by atoms with Crippen molar-refractivity contribution in [2.45, 2.75) is 12.1 Å². The summed E-state index contributed by atoms with van der Waals surface area (Å²) in [6, 6.07) is 15.3. The Labute approximate surface area is 177 Å². The van der Waals surface area contributed by atoms with Crippen LogP contribution in [0.1, 0.15) is 5.56 Å². The van der Waals surface area contributed by atoms with Crippen molar-refractivity contribution < 1.29 is 13.9 Å². The number of carbonyl (C=O) groups is 1. The van der Waals surface area contributed by atoms with Crippen molar-refractivity contribution in [3.63, 3.8) is 0 Å². The van der Waals surface area contributed by atoms with Crippen LogP contribution >= 0.6 is 11.8 Å². The molecule has 2 aromatic heterocycles. The molecule has 152 valence electrons. The summed E-state index contributed by atoms with van der Waals surface area (Å²) in [5, 5.41) is 3.48. The van der Waals surface area contributed by atoms with Crippen molar-refractivity contribution in [1.82, 2.24) is 14.5 Å². The molecule has 4 rings (SSSR count). The molecule has 4 aromatic rings. The van der Waals surface area contributed by atoms with E-state index in [-0.39, 0.29) is 17.5 Å². The molecule has 8 heteroatoms. The van der Waals surface area contributed by atoms with Crippen LogP contribution in [0.15, 0.2) is 66.0 Å². The van der Waals surface area contributed by atoms with Crippen molar-refractivity contribution in [2.24, 2.45) is 0 Å². The number of pyridine rings is 1.